The SMILES string of the molecule is CC(=O)Oc1ccccc1.O=C(O)COc1ccccc1. The van der Waals surface area contributed by atoms with Gasteiger partial charge in [-0.1, -0.05) is 36.4 Å². The van der Waals surface area contributed by atoms with Gasteiger partial charge in [-0.2, -0.15) is 0 Å². The average molecular weight is 288 g/mol. The van der Waals surface area contributed by atoms with Crippen molar-refractivity contribution in [1.29, 1.82) is 0 Å². The molecule has 2 aromatic carbocycles. The topological polar surface area (TPSA) is 72.8 Å². The first-order valence-electron chi connectivity index (χ1n) is 6.21. The average Bonchev–Trinajstić information content (AvgIpc) is 2.47. The molecular weight excluding hydrogens is 272 g/mol. The minimum Gasteiger partial charge on any atom is -0.482 e. The van der Waals surface area contributed by atoms with Gasteiger partial charge in [0.1, 0.15) is 11.5 Å². The Hall–Kier alpha value is -2.82. The molecule has 5 nitrogen and oxygen atoms in total. The zero-order valence-electron chi connectivity index (χ0n) is 11.6. The van der Waals surface area contributed by atoms with Gasteiger partial charge in [0, 0.05) is 6.92 Å². The minimum absolute atomic E-state index is 0.286. The Morgan fingerprint density at radius 2 is 1.38 bits per heavy atom. The quantitative estimate of drug-likeness (QED) is 0.691. The van der Waals surface area contributed by atoms with Gasteiger partial charge in [-0.15, -0.1) is 0 Å². The van der Waals surface area contributed by atoms with E-state index in [9.17, 15) is 9.59 Å². The van der Waals surface area contributed by atoms with Gasteiger partial charge in [-0.05, 0) is 24.3 Å². The van der Waals surface area contributed by atoms with E-state index in [1.165, 1.54) is 6.92 Å². The molecule has 0 aliphatic carbocycles. The van der Waals surface area contributed by atoms with Gasteiger partial charge in [-0.3, -0.25) is 4.79 Å². The van der Waals surface area contributed by atoms with E-state index >= 15 is 0 Å². The summed E-state index contributed by atoms with van der Waals surface area (Å²) in [5, 5.41) is 8.25. The largest absolute Gasteiger partial charge is 0.482 e. The number of rotatable bonds is 4. The van der Waals surface area contributed by atoms with Gasteiger partial charge >= 0.3 is 11.9 Å². The summed E-state index contributed by atoms with van der Waals surface area (Å²) in [4.78, 5) is 20.4. The summed E-state index contributed by atoms with van der Waals surface area (Å²) in [6.07, 6.45) is 0. The third-order valence-corrected chi connectivity index (χ3v) is 2.11. The molecule has 110 valence electrons. The van der Waals surface area contributed by atoms with Gasteiger partial charge in [0.15, 0.2) is 6.61 Å². The maximum atomic E-state index is 10.4. The summed E-state index contributed by atoms with van der Waals surface area (Å²) in [7, 11) is 0. The van der Waals surface area contributed by atoms with Crippen LogP contribution in [0, 0.1) is 0 Å². The lowest BCUT2D eigenvalue weighted by atomic mass is 10.3. The second-order valence-electron chi connectivity index (χ2n) is 3.90. The molecule has 0 atom stereocenters. The van der Waals surface area contributed by atoms with Crippen LogP contribution in [-0.2, 0) is 9.59 Å². The van der Waals surface area contributed by atoms with E-state index in [0.29, 0.717) is 11.5 Å². The summed E-state index contributed by atoms with van der Waals surface area (Å²) < 4.78 is 9.64. The van der Waals surface area contributed by atoms with E-state index in [2.05, 4.69) is 0 Å². The first kappa shape index (κ1) is 16.2. The van der Waals surface area contributed by atoms with Gasteiger partial charge in [0.25, 0.3) is 0 Å². The van der Waals surface area contributed by atoms with Gasteiger partial charge < -0.3 is 14.6 Å². The van der Waals surface area contributed by atoms with Gasteiger partial charge in [0.2, 0.25) is 0 Å². The van der Waals surface area contributed by atoms with Crippen LogP contribution in [0.4, 0.5) is 0 Å². The molecule has 5 heteroatoms. The van der Waals surface area contributed by atoms with Crippen LogP contribution < -0.4 is 9.47 Å². The van der Waals surface area contributed by atoms with Crippen LogP contribution in [0.25, 0.3) is 0 Å². The smallest absolute Gasteiger partial charge is 0.341 e. The number of esters is 1. The summed E-state index contributed by atoms with van der Waals surface area (Å²) >= 11 is 0. The fourth-order valence-corrected chi connectivity index (χ4v) is 1.32. The van der Waals surface area contributed by atoms with E-state index in [-0.39, 0.29) is 12.6 Å². The van der Waals surface area contributed by atoms with Crippen LogP contribution in [0.15, 0.2) is 60.7 Å². The van der Waals surface area contributed by atoms with Crippen molar-refractivity contribution in [1.82, 2.24) is 0 Å². The van der Waals surface area contributed by atoms with E-state index in [0.717, 1.165) is 0 Å². The van der Waals surface area contributed by atoms with E-state index in [1.807, 2.05) is 24.3 Å². The van der Waals surface area contributed by atoms with Crippen LogP contribution >= 0.6 is 0 Å². The summed E-state index contributed by atoms with van der Waals surface area (Å²) in [6.45, 7) is 1.09. The van der Waals surface area contributed by atoms with E-state index in [1.54, 1.807) is 36.4 Å². The Kier molecular flexibility index (Phi) is 7.07. The third-order valence-electron chi connectivity index (χ3n) is 2.11. The lowest BCUT2D eigenvalue weighted by Gasteiger charge is -2.00. The normalized spacial score (nSPS) is 9.00. The first-order valence-corrected chi connectivity index (χ1v) is 6.21. The zero-order chi connectivity index (χ0) is 15.5. The van der Waals surface area contributed by atoms with Crippen LogP contribution in [0.3, 0.4) is 0 Å². The number of carbonyl (C=O) groups excluding carboxylic acids is 1. The summed E-state index contributed by atoms with van der Waals surface area (Å²) in [5.74, 6) is -0.0787. The molecule has 2 rings (SSSR count). The van der Waals surface area contributed by atoms with E-state index in [4.69, 9.17) is 14.6 Å². The standard InChI is InChI=1S/C8H8O3.C8H8O2/c9-8(10)6-11-7-4-2-1-3-5-7;1-7(9)10-8-5-3-2-4-6-8/h1-5H,6H2,(H,9,10);2-6H,1H3. The predicted molar refractivity (Wildman–Crippen MR) is 77.3 cm³/mol. The Labute approximate surface area is 122 Å². The molecule has 0 aliphatic heterocycles. The van der Waals surface area contributed by atoms with Gasteiger partial charge in [-0.25, -0.2) is 4.79 Å². The van der Waals surface area contributed by atoms with Crippen molar-refractivity contribution in [2.45, 2.75) is 6.92 Å². The number of hydrogen-bond donors (Lipinski definition) is 1. The van der Waals surface area contributed by atoms with Crippen molar-refractivity contribution in [3.8, 4) is 11.5 Å². The molecule has 0 aromatic heterocycles. The van der Waals surface area contributed by atoms with Crippen molar-refractivity contribution in [2.75, 3.05) is 6.61 Å². The van der Waals surface area contributed by atoms with Gasteiger partial charge in [0.05, 0.1) is 0 Å². The van der Waals surface area contributed by atoms with Crippen molar-refractivity contribution in [2.24, 2.45) is 0 Å². The molecule has 2 aromatic rings. The molecule has 0 radical (unpaired) electrons. The Bertz CT molecular complexity index is 551. The number of carboxylic acids is 1. The Morgan fingerprint density at radius 3 is 1.81 bits per heavy atom. The van der Waals surface area contributed by atoms with Crippen LogP contribution in [-0.4, -0.2) is 23.7 Å². The van der Waals surface area contributed by atoms with Crippen LogP contribution in [0.2, 0.25) is 0 Å². The molecule has 0 fully saturated rings. The molecule has 0 unspecified atom stereocenters. The highest BCUT2D eigenvalue weighted by Gasteiger charge is 1.96. The summed E-state index contributed by atoms with van der Waals surface area (Å²) in [5.41, 5.74) is 0. The molecule has 0 saturated heterocycles. The zero-order valence-corrected chi connectivity index (χ0v) is 11.6. The van der Waals surface area contributed by atoms with Crippen molar-refractivity contribution < 1.29 is 24.2 Å². The van der Waals surface area contributed by atoms with Crippen molar-refractivity contribution >= 4 is 11.9 Å². The molecular formula is C16H16O5. The number of benzene rings is 2. The minimum atomic E-state index is -0.964. The highest BCUT2D eigenvalue weighted by atomic mass is 16.5. The second-order valence-corrected chi connectivity index (χ2v) is 3.90. The summed E-state index contributed by atoms with van der Waals surface area (Å²) in [6, 6.07) is 17.8. The molecule has 0 aliphatic rings. The maximum Gasteiger partial charge on any atom is 0.341 e. The second kappa shape index (κ2) is 9.14. The van der Waals surface area contributed by atoms with Crippen molar-refractivity contribution in [3.63, 3.8) is 0 Å². The van der Waals surface area contributed by atoms with Crippen LogP contribution in [0.5, 0.6) is 11.5 Å². The molecule has 21 heavy (non-hydrogen) atoms. The Balaban J connectivity index is 0.000000211. The molecule has 0 heterocycles. The predicted octanol–water partition coefficient (Wildman–Crippen LogP) is 2.76. The lowest BCUT2D eigenvalue weighted by molar-refractivity contribution is -0.139. The number of para-hydroxylation sites is 2. The lowest BCUT2D eigenvalue weighted by Crippen LogP contribution is -2.09. The number of aliphatic carboxylic acids is 1. The molecule has 1 N–H and O–H groups in total. The highest BCUT2D eigenvalue weighted by molar-refractivity contribution is 5.69. The number of carbonyl (C=O) groups is 2. The number of hydrogen-bond acceptors (Lipinski definition) is 4. The van der Waals surface area contributed by atoms with E-state index < -0.39 is 5.97 Å². The fraction of sp³-hybridized carbons (Fsp3) is 0.125. The Morgan fingerprint density at radius 1 is 0.905 bits per heavy atom. The molecule has 0 saturated carbocycles. The highest BCUT2D eigenvalue weighted by Crippen LogP contribution is 2.08. The number of ether oxygens (including phenoxy) is 2. The van der Waals surface area contributed by atoms with Crippen molar-refractivity contribution in [3.05, 3.63) is 60.7 Å². The molecule has 0 bridgehead atoms. The molecule has 0 spiro atoms. The maximum absolute atomic E-state index is 10.4. The fourth-order valence-electron chi connectivity index (χ4n) is 1.32. The first-order chi connectivity index (χ1) is 10.1. The monoisotopic (exact) mass is 288 g/mol. The van der Waals surface area contributed by atoms with Crippen LogP contribution in [0.1, 0.15) is 6.92 Å². The third kappa shape index (κ3) is 8.05. The molecule has 0 amide bonds. The number of carboxylic acid groups (broad SMARTS) is 1.